The quantitative estimate of drug-likeness (QED) is 0.836. The largest absolute Gasteiger partial charge is 0.351 e. The molecule has 0 atom stereocenters. The number of hydrogen-bond donors (Lipinski definition) is 1. The van der Waals surface area contributed by atoms with Crippen LogP contribution in [0.4, 0.5) is 0 Å². The van der Waals surface area contributed by atoms with Gasteiger partial charge >= 0.3 is 0 Å². The van der Waals surface area contributed by atoms with E-state index in [1.807, 2.05) is 48.5 Å². The number of thioether (sulfide) groups is 1. The zero-order valence-electron chi connectivity index (χ0n) is 11.3. The molecule has 0 heterocycles. The Bertz CT molecular complexity index is 619. The molecular formula is C16H15Cl2NOS. The van der Waals surface area contributed by atoms with Crippen molar-refractivity contribution in [2.75, 3.05) is 5.75 Å². The highest BCUT2D eigenvalue weighted by Crippen LogP contribution is 2.16. The Labute approximate surface area is 138 Å². The molecule has 0 aliphatic rings. The summed E-state index contributed by atoms with van der Waals surface area (Å²) in [5.41, 5.74) is 2.12. The van der Waals surface area contributed by atoms with Crippen molar-refractivity contribution in [3.63, 3.8) is 0 Å². The van der Waals surface area contributed by atoms with Gasteiger partial charge in [-0.2, -0.15) is 0 Å². The van der Waals surface area contributed by atoms with Crippen molar-refractivity contribution in [2.45, 2.75) is 12.3 Å². The Morgan fingerprint density at radius 2 is 1.62 bits per heavy atom. The Morgan fingerprint density at radius 3 is 2.29 bits per heavy atom. The summed E-state index contributed by atoms with van der Waals surface area (Å²) in [6.45, 7) is 0.497. The molecule has 110 valence electrons. The molecule has 0 aromatic heterocycles. The molecule has 21 heavy (non-hydrogen) atoms. The Balaban J connectivity index is 1.70. The summed E-state index contributed by atoms with van der Waals surface area (Å²) in [4.78, 5) is 11.8. The molecule has 5 heteroatoms. The number of nitrogens with one attached hydrogen (secondary N) is 1. The Morgan fingerprint density at radius 1 is 1.00 bits per heavy atom. The molecule has 0 saturated carbocycles. The molecule has 2 aromatic carbocycles. The molecule has 0 saturated heterocycles. The average Bonchev–Trinajstić information content (AvgIpc) is 2.45. The Hall–Kier alpha value is -1.16. The van der Waals surface area contributed by atoms with Crippen LogP contribution in [-0.2, 0) is 17.1 Å². The molecule has 2 rings (SSSR count). The van der Waals surface area contributed by atoms with Crippen LogP contribution in [0, 0.1) is 0 Å². The predicted molar refractivity (Wildman–Crippen MR) is 90.9 cm³/mol. The lowest BCUT2D eigenvalue weighted by atomic mass is 10.2. The van der Waals surface area contributed by atoms with E-state index in [0.29, 0.717) is 17.3 Å². The van der Waals surface area contributed by atoms with Crippen molar-refractivity contribution in [1.29, 1.82) is 0 Å². The van der Waals surface area contributed by atoms with Crippen molar-refractivity contribution in [3.8, 4) is 0 Å². The number of amides is 1. The summed E-state index contributed by atoms with van der Waals surface area (Å²) in [5, 5.41) is 4.28. The number of benzene rings is 2. The van der Waals surface area contributed by atoms with Gasteiger partial charge in [-0.1, -0.05) is 47.5 Å². The minimum absolute atomic E-state index is 0.0157. The van der Waals surface area contributed by atoms with Gasteiger partial charge in [0.15, 0.2) is 0 Å². The molecule has 0 radical (unpaired) electrons. The van der Waals surface area contributed by atoms with Gasteiger partial charge in [-0.15, -0.1) is 11.8 Å². The fraction of sp³-hybridized carbons (Fsp3) is 0.188. The molecule has 0 aliphatic carbocycles. The molecule has 0 fully saturated rings. The summed E-state index contributed by atoms with van der Waals surface area (Å²) < 4.78 is 0. The topological polar surface area (TPSA) is 29.1 Å². The standard InChI is InChI=1S/C16H15Cl2NOS/c17-14-5-1-3-12(7-14)9-19-16(20)11-21-10-13-4-2-6-15(18)8-13/h1-8H,9-11H2,(H,19,20). The smallest absolute Gasteiger partial charge is 0.230 e. The van der Waals surface area contributed by atoms with E-state index in [2.05, 4.69) is 5.32 Å². The van der Waals surface area contributed by atoms with Crippen LogP contribution in [-0.4, -0.2) is 11.7 Å². The molecule has 0 spiro atoms. The lowest BCUT2D eigenvalue weighted by molar-refractivity contribution is -0.118. The molecule has 0 bridgehead atoms. The molecule has 2 aromatic rings. The maximum Gasteiger partial charge on any atom is 0.230 e. The van der Waals surface area contributed by atoms with Crippen LogP contribution in [0.3, 0.4) is 0 Å². The first-order chi connectivity index (χ1) is 10.1. The number of hydrogen-bond acceptors (Lipinski definition) is 2. The summed E-state index contributed by atoms with van der Waals surface area (Å²) in [5.74, 6) is 1.21. The van der Waals surface area contributed by atoms with E-state index >= 15 is 0 Å². The van der Waals surface area contributed by atoms with Crippen LogP contribution in [0.2, 0.25) is 10.0 Å². The van der Waals surface area contributed by atoms with Gasteiger partial charge < -0.3 is 5.32 Å². The fourth-order valence-corrected chi connectivity index (χ4v) is 3.02. The van der Waals surface area contributed by atoms with Crippen LogP contribution < -0.4 is 5.32 Å². The van der Waals surface area contributed by atoms with Crippen molar-refractivity contribution in [1.82, 2.24) is 5.32 Å². The van der Waals surface area contributed by atoms with Crippen LogP contribution in [0.1, 0.15) is 11.1 Å². The molecule has 0 aliphatic heterocycles. The van der Waals surface area contributed by atoms with E-state index in [0.717, 1.165) is 21.9 Å². The molecule has 1 amide bonds. The molecular weight excluding hydrogens is 325 g/mol. The van der Waals surface area contributed by atoms with E-state index in [1.54, 1.807) is 11.8 Å². The zero-order valence-corrected chi connectivity index (χ0v) is 13.6. The number of carbonyl (C=O) groups excluding carboxylic acids is 1. The number of rotatable bonds is 6. The highest BCUT2D eigenvalue weighted by Gasteiger charge is 2.03. The third-order valence-electron chi connectivity index (χ3n) is 2.77. The molecule has 1 N–H and O–H groups in total. The highest BCUT2D eigenvalue weighted by atomic mass is 35.5. The lowest BCUT2D eigenvalue weighted by Gasteiger charge is -2.06. The van der Waals surface area contributed by atoms with E-state index in [4.69, 9.17) is 23.2 Å². The summed E-state index contributed by atoms with van der Waals surface area (Å²) >= 11 is 13.4. The number of halogens is 2. The first-order valence-corrected chi connectivity index (χ1v) is 8.38. The van der Waals surface area contributed by atoms with Gasteiger partial charge in [0, 0.05) is 22.3 Å². The predicted octanol–water partition coefficient (Wildman–Crippen LogP) is 4.54. The van der Waals surface area contributed by atoms with Crippen LogP contribution >= 0.6 is 35.0 Å². The van der Waals surface area contributed by atoms with Gasteiger partial charge in [-0.3, -0.25) is 4.79 Å². The first-order valence-electron chi connectivity index (χ1n) is 6.47. The van der Waals surface area contributed by atoms with Gasteiger partial charge in [-0.25, -0.2) is 0 Å². The van der Waals surface area contributed by atoms with Gasteiger partial charge in [0.05, 0.1) is 5.75 Å². The normalized spacial score (nSPS) is 10.4. The summed E-state index contributed by atoms with van der Waals surface area (Å²) in [6, 6.07) is 15.1. The zero-order chi connectivity index (χ0) is 15.1. The maximum absolute atomic E-state index is 11.8. The van der Waals surface area contributed by atoms with Crippen molar-refractivity contribution < 1.29 is 4.79 Å². The summed E-state index contributed by atoms with van der Waals surface area (Å²) in [6.07, 6.45) is 0. The third kappa shape index (κ3) is 6.00. The fourth-order valence-electron chi connectivity index (χ4n) is 1.79. The molecule has 0 unspecified atom stereocenters. The van der Waals surface area contributed by atoms with Crippen molar-refractivity contribution in [2.24, 2.45) is 0 Å². The van der Waals surface area contributed by atoms with E-state index < -0.39 is 0 Å². The van der Waals surface area contributed by atoms with Gasteiger partial charge in [-0.05, 0) is 35.4 Å². The summed E-state index contributed by atoms with van der Waals surface area (Å²) in [7, 11) is 0. The van der Waals surface area contributed by atoms with E-state index in [-0.39, 0.29) is 5.91 Å². The van der Waals surface area contributed by atoms with Crippen LogP contribution in [0.25, 0.3) is 0 Å². The van der Waals surface area contributed by atoms with Gasteiger partial charge in [0.1, 0.15) is 0 Å². The lowest BCUT2D eigenvalue weighted by Crippen LogP contribution is -2.24. The Kier molecular flexibility index (Phi) is 6.43. The van der Waals surface area contributed by atoms with Gasteiger partial charge in [0.2, 0.25) is 5.91 Å². The first kappa shape index (κ1) is 16.2. The van der Waals surface area contributed by atoms with Crippen molar-refractivity contribution in [3.05, 3.63) is 69.7 Å². The second kappa shape index (κ2) is 8.32. The third-order valence-corrected chi connectivity index (χ3v) is 4.24. The van der Waals surface area contributed by atoms with E-state index in [1.165, 1.54) is 0 Å². The maximum atomic E-state index is 11.8. The average molecular weight is 340 g/mol. The molecule has 2 nitrogen and oxygen atoms in total. The monoisotopic (exact) mass is 339 g/mol. The van der Waals surface area contributed by atoms with Crippen molar-refractivity contribution >= 4 is 40.9 Å². The highest BCUT2D eigenvalue weighted by molar-refractivity contribution is 7.99. The number of carbonyl (C=O) groups is 1. The second-order valence-corrected chi connectivity index (χ2v) is 6.39. The SMILES string of the molecule is O=C(CSCc1cccc(Cl)c1)NCc1cccc(Cl)c1. The van der Waals surface area contributed by atoms with E-state index in [9.17, 15) is 4.79 Å². The minimum atomic E-state index is 0.0157. The second-order valence-electron chi connectivity index (χ2n) is 4.53. The van der Waals surface area contributed by atoms with Crippen LogP contribution in [0.15, 0.2) is 48.5 Å². The van der Waals surface area contributed by atoms with Crippen LogP contribution in [0.5, 0.6) is 0 Å². The van der Waals surface area contributed by atoms with Gasteiger partial charge in [0.25, 0.3) is 0 Å². The minimum Gasteiger partial charge on any atom is -0.351 e.